The van der Waals surface area contributed by atoms with Gasteiger partial charge in [-0.05, 0) is 104 Å². The zero-order valence-corrected chi connectivity index (χ0v) is 23.7. The number of methoxy groups -OCH3 is 2. The van der Waals surface area contributed by atoms with Crippen molar-refractivity contribution in [1.29, 1.82) is 0 Å². The van der Waals surface area contributed by atoms with Gasteiger partial charge in [-0.25, -0.2) is 0 Å². The van der Waals surface area contributed by atoms with Gasteiger partial charge in [0, 0.05) is 40.7 Å². The number of aryl methyl sites for hydroxylation is 2. The minimum absolute atomic E-state index is 0.0163. The molecule has 2 aromatic carbocycles. The highest BCUT2D eigenvalue weighted by Crippen LogP contribution is 2.58. The van der Waals surface area contributed by atoms with E-state index >= 15 is 0 Å². The monoisotopic (exact) mass is 562 g/mol. The van der Waals surface area contributed by atoms with Crippen LogP contribution < -0.4 is 14.4 Å². The zero-order chi connectivity index (χ0) is 26.2. The molecule has 0 saturated heterocycles. The highest BCUT2D eigenvalue weighted by Gasteiger charge is 2.50. The van der Waals surface area contributed by atoms with Crippen molar-refractivity contribution in [2.45, 2.75) is 57.8 Å². The molecule has 0 radical (unpaired) electrons. The number of hydrogen-bond acceptors (Lipinski definition) is 4. The number of fused-ring (bicyclic) bond motifs is 3. The molecule has 3 saturated carbocycles. The number of rotatable bonds is 7. The molecule has 3 aliphatic carbocycles. The number of aromatic nitrogens is 1. The Bertz CT molecular complexity index is 1300. The number of hydrogen-bond donors (Lipinski definition) is 0. The van der Waals surface area contributed by atoms with Gasteiger partial charge in [0.1, 0.15) is 11.5 Å². The predicted molar refractivity (Wildman–Crippen MR) is 151 cm³/mol. The van der Waals surface area contributed by atoms with Gasteiger partial charge in [0.2, 0.25) is 0 Å². The Morgan fingerprint density at radius 2 is 1.68 bits per heavy atom. The molecular weight excluding hydrogens is 528 g/mol. The van der Waals surface area contributed by atoms with Gasteiger partial charge in [-0.3, -0.25) is 9.78 Å². The predicted octanol–water partition coefficient (Wildman–Crippen LogP) is 7.42. The fraction of sp³-hybridized carbons (Fsp3) is 0.419. The number of halogens is 1. The molecule has 0 aliphatic heterocycles. The molecule has 0 spiro atoms. The Kier molecular flexibility index (Phi) is 7.06. The van der Waals surface area contributed by atoms with Crippen LogP contribution in [0.1, 0.15) is 65.6 Å². The molecule has 3 aromatic rings. The zero-order valence-electron chi connectivity index (χ0n) is 22.1. The summed E-state index contributed by atoms with van der Waals surface area (Å²) in [6, 6.07) is 14.4. The topological polar surface area (TPSA) is 51.7 Å². The largest absolute Gasteiger partial charge is 0.497 e. The number of ether oxygens (including phenoxy) is 2. The maximum Gasteiger partial charge on any atom is 0.258 e. The van der Waals surface area contributed by atoms with Gasteiger partial charge >= 0.3 is 0 Å². The number of carbonyl (C=O) groups is 1. The Balaban J connectivity index is 1.45. The molecule has 3 aliphatic rings. The van der Waals surface area contributed by atoms with E-state index in [-0.39, 0.29) is 16.7 Å². The van der Waals surface area contributed by atoms with Crippen molar-refractivity contribution < 1.29 is 14.3 Å². The van der Waals surface area contributed by atoms with E-state index in [1.54, 1.807) is 26.6 Å². The van der Waals surface area contributed by atoms with Gasteiger partial charge in [-0.2, -0.15) is 0 Å². The maximum absolute atomic E-state index is 14.0. The van der Waals surface area contributed by atoms with Gasteiger partial charge in [0.15, 0.2) is 0 Å². The lowest BCUT2D eigenvalue weighted by Crippen LogP contribution is -2.50. The van der Waals surface area contributed by atoms with Crippen LogP contribution in [0.4, 0.5) is 5.69 Å². The lowest BCUT2D eigenvalue weighted by atomic mass is 9.51. The first kappa shape index (κ1) is 25.8. The molecule has 0 N–H and O–H groups in total. The average molecular weight is 564 g/mol. The number of carbonyl (C=O) groups excluding carboxylic acids is 1. The molecular formula is C31H35BrN2O3. The highest BCUT2D eigenvalue weighted by atomic mass is 79.9. The van der Waals surface area contributed by atoms with E-state index in [9.17, 15) is 4.79 Å². The second-order valence-electron chi connectivity index (χ2n) is 10.9. The summed E-state index contributed by atoms with van der Waals surface area (Å²) in [5.41, 5.74) is 5.41. The van der Waals surface area contributed by atoms with Gasteiger partial charge in [0.25, 0.3) is 5.91 Å². The minimum atomic E-state index is 0.0163. The Hall–Kier alpha value is -2.86. The normalized spacial score (nSPS) is 22.5. The molecule has 1 aromatic heterocycles. The smallest absolute Gasteiger partial charge is 0.258 e. The molecule has 6 heteroatoms. The molecule has 0 unspecified atom stereocenters. The van der Waals surface area contributed by atoms with Crippen LogP contribution in [0, 0.1) is 19.3 Å². The van der Waals surface area contributed by atoms with E-state index in [2.05, 4.69) is 46.0 Å². The summed E-state index contributed by atoms with van der Waals surface area (Å²) in [4.78, 5) is 20.2. The average Bonchev–Trinajstić information content (AvgIpc) is 2.92. The van der Waals surface area contributed by atoms with Gasteiger partial charge in [0.05, 0.1) is 14.2 Å². The van der Waals surface area contributed by atoms with Gasteiger partial charge in [-0.1, -0.05) is 28.1 Å². The van der Waals surface area contributed by atoms with Crippen molar-refractivity contribution in [3.05, 3.63) is 81.6 Å². The Labute approximate surface area is 228 Å². The SMILES string of the molecule is COc1cc(Br)cc(N(CC23CCC(c4ccc(OC)c(C)c4)(CC2)CC3)C(=O)c2ccncc2C)c1. The quantitative estimate of drug-likeness (QED) is 0.300. The van der Waals surface area contributed by atoms with Crippen LogP contribution in [-0.2, 0) is 5.41 Å². The van der Waals surface area contributed by atoms with E-state index in [1.807, 2.05) is 36.1 Å². The van der Waals surface area contributed by atoms with Crippen molar-refractivity contribution >= 4 is 27.5 Å². The minimum Gasteiger partial charge on any atom is -0.497 e. The fourth-order valence-corrected chi connectivity index (χ4v) is 6.90. The van der Waals surface area contributed by atoms with Crippen molar-refractivity contribution in [3.8, 4) is 11.5 Å². The van der Waals surface area contributed by atoms with Crippen molar-refractivity contribution in [2.75, 3.05) is 25.7 Å². The number of anilines is 1. The van der Waals surface area contributed by atoms with Crippen molar-refractivity contribution in [2.24, 2.45) is 5.41 Å². The van der Waals surface area contributed by atoms with Crippen LogP contribution in [0.25, 0.3) is 0 Å². The summed E-state index contributed by atoms with van der Waals surface area (Å²) in [5.74, 6) is 1.70. The summed E-state index contributed by atoms with van der Waals surface area (Å²) in [6.07, 6.45) is 10.2. The molecule has 6 rings (SSSR count). The fourth-order valence-electron chi connectivity index (χ4n) is 6.44. The summed E-state index contributed by atoms with van der Waals surface area (Å²) < 4.78 is 11.9. The summed E-state index contributed by atoms with van der Waals surface area (Å²) in [6.45, 7) is 4.78. The Morgan fingerprint density at radius 1 is 0.946 bits per heavy atom. The van der Waals surface area contributed by atoms with Crippen LogP contribution in [-0.4, -0.2) is 31.7 Å². The summed E-state index contributed by atoms with van der Waals surface area (Å²) >= 11 is 3.62. The van der Waals surface area contributed by atoms with E-state index in [1.165, 1.54) is 11.1 Å². The molecule has 0 atom stereocenters. The van der Waals surface area contributed by atoms with Crippen molar-refractivity contribution in [3.63, 3.8) is 0 Å². The molecule has 3 fully saturated rings. The van der Waals surface area contributed by atoms with E-state index in [0.29, 0.717) is 12.1 Å². The first-order valence-corrected chi connectivity index (χ1v) is 13.8. The third-order valence-electron chi connectivity index (χ3n) is 8.80. The second kappa shape index (κ2) is 10.1. The number of benzene rings is 2. The van der Waals surface area contributed by atoms with E-state index in [4.69, 9.17) is 9.47 Å². The number of pyridine rings is 1. The summed E-state index contributed by atoms with van der Waals surface area (Å²) in [7, 11) is 3.39. The lowest BCUT2D eigenvalue weighted by Gasteiger charge is -2.55. The van der Waals surface area contributed by atoms with Gasteiger partial charge in [-0.15, -0.1) is 0 Å². The molecule has 37 heavy (non-hydrogen) atoms. The van der Waals surface area contributed by atoms with E-state index in [0.717, 1.165) is 65.7 Å². The standard InChI is InChI=1S/C31H35BrN2O3/c1-21-15-23(5-6-28(21)37-4)31-11-8-30(9-12-31,10-13-31)20-34(25-16-24(32)17-26(18-25)36-3)29(35)27-7-14-33-19-22(27)2/h5-7,14-19H,8-13,20H2,1-4H3. The van der Waals surface area contributed by atoms with Crippen LogP contribution in [0.5, 0.6) is 11.5 Å². The second-order valence-corrected chi connectivity index (χ2v) is 11.8. The van der Waals surface area contributed by atoms with Crippen LogP contribution in [0.2, 0.25) is 0 Å². The molecule has 2 bridgehead atoms. The third kappa shape index (κ3) is 4.88. The lowest BCUT2D eigenvalue weighted by molar-refractivity contribution is 0.0441. The molecule has 5 nitrogen and oxygen atoms in total. The molecule has 1 heterocycles. The number of amides is 1. The first-order chi connectivity index (χ1) is 17.8. The Morgan fingerprint density at radius 3 is 2.30 bits per heavy atom. The van der Waals surface area contributed by atoms with E-state index < -0.39 is 0 Å². The molecule has 194 valence electrons. The third-order valence-corrected chi connectivity index (χ3v) is 9.26. The molecule has 1 amide bonds. The van der Waals surface area contributed by atoms with Gasteiger partial charge < -0.3 is 14.4 Å². The highest BCUT2D eigenvalue weighted by molar-refractivity contribution is 9.10. The maximum atomic E-state index is 14.0. The van der Waals surface area contributed by atoms with Crippen LogP contribution in [0.15, 0.2) is 59.3 Å². The van der Waals surface area contributed by atoms with Crippen molar-refractivity contribution in [1.82, 2.24) is 4.98 Å². The van der Waals surface area contributed by atoms with Crippen LogP contribution in [0.3, 0.4) is 0 Å². The van der Waals surface area contributed by atoms with Crippen LogP contribution >= 0.6 is 15.9 Å². The summed E-state index contributed by atoms with van der Waals surface area (Å²) in [5, 5.41) is 0. The first-order valence-electron chi connectivity index (χ1n) is 13.0. The number of nitrogens with zero attached hydrogens (tertiary/aromatic N) is 2.